The molecule has 0 saturated heterocycles. The zero-order chi connectivity index (χ0) is 24.7. The maximum absolute atomic E-state index is 6.92. The van der Waals surface area contributed by atoms with Crippen LogP contribution in [0.4, 0.5) is 0 Å². The molecule has 0 aliphatic carbocycles. The second kappa shape index (κ2) is 8.92. The Kier molecular flexibility index (Phi) is 5.57. The van der Waals surface area contributed by atoms with Gasteiger partial charge in [-0.15, -0.1) is 0 Å². The summed E-state index contributed by atoms with van der Waals surface area (Å²) in [5.41, 5.74) is 3.58. The van der Waals surface area contributed by atoms with Crippen LogP contribution in [-0.4, -0.2) is 32.4 Å². The summed E-state index contributed by atoms with van der Waals surface area (Å²) < 4.78 is 23.7. The third-order valence-electron chi connectivity index (χ3n) is 7.30. The van der Waals surface area contributed by atoms with E-state index in [4.69, 9.17) is 18.9 Å². The lowest BCUT2D eigenvalue weighted by atomic mass is 9.83. The van der Waals surface area contributed by atoms with Crippen molar-refractivity contribution in [3.05, 3.63) is 101 Å². The van der Waals surface area contributed by atoms with Gasteiger partial charge in [0.25, 0.3) is 0 Å². The van der Waals surface area contributed by atoms with Gasteiger partial charge in [0.1, 0.15) is 29.7 Å². The van der Waals surface area contributed by atoms with E-state index < -0.39 is 5.60 Å². The van der Waals surface area contributed by atoms with Gasteiger partial charge in [-0.25, -0.2) is 0 Å². The number of nitrogens with zero attached hydrogens (tertiary/aromatic N) is 1. The second-order valence-electron chi connectivity index (χ2n) is 9.16. The van der Waals surface area contributed by atoms with E-state index >= 15 is 0 Å². The van der Waals surface area contributed by atoms with Crippen molar-refractivity contribution in [2.75, 3.05) is 27.5 Å². The Morgan fingerprint density at radius 2 is 1.39 bits per heavy atom. The molecule has 0 unspecified atom stereocenters. The minimum atomic E-state index is -0.782. The first-order valence-corrected chi connectivity index (χ1v) is 12.3. The number of fused-ring (bicyclic) bond motifs is 5. The Morgan fingerprint density at radius 1 is 0.778 bits per heavy atom. The van der Waals surface area contributed by atoms with Crippen molar-refractivity contribution in [2.45, 2.75) is 19.1 Å². The van der Waals surface area contributed by atoms with E-state index in [-0.39, 0.29) is 0 Å². The third-order valence-corrected chi connectivity index (χ3v) is 7.30. The van der Waals surface area contributed by atoms with Crippen LogP contribution in [0.1, 0.15) is 29.2 Å². The van der Waals surface area contributed by atoms with Crippen molar-refractivity contribution >= 4 is 16.8 Å². The first kappa shape index (κ1) is 22.5. The molecular weight excluding hydrogens is 450 g/mol. The first-order chi connectivity index (χ1) is 17.6. The maximum atomic E-state index is 6.92. The quantitative estimate of drug-likeness (QED) is 0.332. The van der Waals surface area contributed by atoms with Crippen LogP contribution in [0.25, 0.3) is 16.8 Å². The lowest BCUT2D eigenvalue weighted by Gasteiger charge is -2.37. The van der Waals surface area contributed by atoms with E-state index in [0.717, 1.165) is 52.8 Å². The lowest BCUT2D eigenvalue weighted by molar-refractivity contribution is 0.102. The van der Waals surface area contributed by atoms with Gasteiger partial charge in [-0.2, -0.15) is 0 Å². The third kappa shape index (κ3) is 3.59. The van der Waals surface area contributed by atoms with Crippen molar-refractivity contribution in [3.8, 4) is 23.0 Å². The molecule has 5 nitrogen and oxygen atoms in total. The Balaban J connectivity index is 1.49. The maximum Gasteiger partial charge on any atom is 0.178 e. The normalized spacial score (nSPS) is 16.0. The van der Waals surface area contributed by atoms with Crippen molar-refractivity contribution in [1.82, 2.24) is 4.90 Å². The summed E-state index contributed by atoms with van der Waals surface area (Å²) in [5, 5.41) is 2.38. The summed E-state index contributed by atoms with van der Waals surface area (Å²) in [6.45, 7) is 4.63. The zero-order valence-electron chi connectivity index (χ0n) is 20.8. The van der Waals surface area contributed by atoms with Crippen molar-refractivity contribution in [1.29, 1.82) is 0 Å². The molecule has 0 N–H and O–H groups in total. The van der Waals surface area contributed by atoms with E-state index in [1.165, 1.54) is 16.3 Å². The Hall–Kier alpha value is -3.96. The zero-order valence-corrected chi connectivity index (χ0v) is 20.8. The predicted molar refractivity (Wildman–Crippen MR) is 142 cm³/mol. The average molecular weight is 480 g/mol. The summed E-state index contributed by atoms with van der Waals surface area (Å²) in [6, 6.07) is 24.6. The molecule has 2 aliphatic heterocycles. The highest BCUT2D eigenvalue weighted by Crippen LogP contribution is 2.46. The van der Waals surface area contributed by atoms with Gasteiger partial charge in [0.15, 0.2) is 5.60 Å². The summed E-state index contributed by atoms with van der Waals surface area (Å²) in [6.07, 6.45) is 4.36. The topological polar surface area (TPSA) is 40.2 Å². The van der Waals surface area contributed by atoms with Gasteiger partial charge >= 0.3 is 0 Å². The van der Waals surface area contributed by atoms with Crippen LogP contribution in [0.5, 0.6) is 23.0 Å². The number of hydrogen-bond donors (Lipinski definition) is 0. The first-order valence-electron chi connectivity index (χ1n) is 12.3. The molecule has 2 heterocycles. The molecule has 2 aliphatic rings. The number of methoxy groups -OCH3 is 2. The molecule has 0 aromatic heterocycles. The van der Waals surface area contributed by atoms with E-state index in [9.17, 15) is 0 Å². The van der Waals surface area contributed by atoms with Gasteiger partial charge in [0.2, 0.25) is 0 Å². The molecule has 4 aromatic carbocycles. The van der Waals surface area contributed by atoms with Crippen molar-refractivity contribution in [2.24, 2.45) is 0 Å². The van der Waals surface area contributed by atoms with Crippen LogP contribution < -0.4 is 18.9 Å². The van der Waals surface area contributed by atoms with Gasteiger partial charge in [-0.3, -0.25) is 4.90 Å². The summed E-state index contributed by atoms with van der Waals surface area (Å²) in [7, 11) is 3.35. The highest BCUT2D eigenvalue weighted by atomic mass is 16.5. The molecule has 0 bridgehead atoms. The highest BCUT2D eigenvalue weighted by Gasteiger charge is 2.37. The van der Waals surface area contributed by atoms with E-state index in [1.54, 1.807) is 14.2 Å². The molecule has 0 spiro atoms. The summed E-state index contributed by atoms with van der Waals surface area (Å²) in [4.78, 5) is 2.30. The van der Waals surface area contributed by atoms with Gasteiger partial charge in [0.05, 0.1) is 14.2 Å². The summed E-state index contributed by atoms with van der Waals surface area (Å²) in [5.74, 6) is 3.44. The second-order valence-corrected chi connectivity index (χ2v) is 9.16. The largest absolute Gasteiger partial charge is 0.497 e. The minimum Gasteiger partial charge on any atom is -0.497 e. The van der Waals surface area contributed by atoms with Gasteiger partial charge in [-0.1, -0.05) is 37.3 Å². The van der Waals surface area contributed by atoms with Crippen LogP contribution in [0, 0.1) is 0 Å². The molecule has 0 saturated carbocycles. The molecule has 4 aromatic rings. The molecule has 36 heavy (non-hydrogen) atoms. The van der Waals surface area contributed by atoms with E-state index in [2.05, 4.69) is 72.5 Å². The lowest BCUT2D eigenvalue weighted by Crippen LogP contribution is -2.34. The van der Waals surface area contributed by atoms with E-state index in [0.29, 0.717) is 6.73 Å². The van der Waals surface area contributed by atoms with Gasteiger partial charge < -0.3 is 18.9 Å². The number of hydrogen-bond acceptors (Lipinski definition) is 5. The Labute approximate surface area is 211 Å². The SMILES string of the molecule is CCN1COc2ccc3c4c(ccc3c2C1)OC(c1ccc(OC)cc1)(c1ccc(OC)cc1)C=C4. The van der Waals surface area contributed by atoms with Crippen molar-refractivity contribution < 1.29 is 18.9 Å². The van der Waals surface area contributed by atoms with Crippen LogP contribution in [0.15, 0.2) is 78.9 Å². The fourth-order valence-corrected chi connectivity index (χ4v) is 5.21. The number of rotatable bonds is 5. The molecule has 6 rings (SSSR count). The minimum absolute atomic E-state index is 0.634. The highest BCUT2D eigenvalue weighted by molar-refractivity contribution is 5.97. The molecule has 0 radical (unpaired) electrons. The fourth-order valence-electron chi connectivity index (χ4n) is 5.21. The van der Waals surface area contributed by atoms with Crippen LogP contribution in [0.3, 0.4) is 0 Å². The Bertz CT molecular complexity index is 1390. The number of ether oxygens (including phenoxy) is 4. The van der Waals surface area contributed by atoms with Gasteiger partial charge in [-0.05, 0) is 71.9 Å². The predicted octanol–water partition coefficient (Wildman–Crippen LogP) is 6.38. The monoisotopic (exact) mass is 479 g/mol. The fraction of sp³-hybridized carbons (Fsp3) is 0.226. The summed E-state index contributed by atoms with van der Waals surface area (Å²) >= 11 is 0. The standard InChI is InChI=1S/C31H29NO4/c1-4-32-19-28-26-14-16-30-27(25(26)13-15-29(28)35-20-32)17-18-31(36-30,21-5-9-23(33-2)10-6-21)22-7-11-24(34-3)12-8-22/h5-18H,4,19-20H2,1-3H3. The molecular formula is C31H29NO4. The number of benzene rings is 4. The molecule has 182 valence electrons. The molecule has 0 atom stereocenters. The Morgan fingerprint density at radius 3 is 2.00 bits per heavy atom. The van der Waals surface area contributed by atoms with Gasteiger partial charge in [0, 0.05) is 28.8 Å². The van der Waals surface area contributed by atoms with Crippen molar-refractivity contribution in [3.63, 3.8) is 0 Å². The van der Waals surface area contributed by atoms with E-state index in [1.807, 2.05) is 24.3 Å². The van der Waals surface area contributed by atoms with Crippen LogP contribution >= 0.6 is 0 Å². The van der Waals surface area contributed by atoms with Crippen LogP contribution in [-0.2, 0) is 12.1 Å². The smallest absolute Gasteiger partial charge is 0.178 e. The molecule has 5 heteroatoms. The van der Waals surface area contributed by atoms with Crippen LogP contribution in [0.2, 0.25) is 0 Å². The molecule has 0 amide bonds. The molecule has 0 fully saturated rings. The average Bonchev–Trinajstić information content (AvgIpc) is 2.96.